The van der Waals surface area contributed by atoms with E-state index in [1.54, 1.807) is 0 Å². The second-order valence-electron chi connectivity index (χ2n) is 8.08. The molecular weight excluding hydrogens is 372 g/mol. The second-order valence-corrected chi connectivity index (χ2v) is 8.08. The SMILES string of the molecule is Cc1ncc(-c2c[nH]c3ncc(-c4ccc(N5CCN(C)CC5)cc4)cc23)c(C)n1. The lowest BCUT2D eigenvalue weighted by molar-refractivity contribution is 0.313. The van der Waals surface area contributed by atoms with Gasteiger partial charge in [-0.15, -0.1) is 0 Å². The number of fused-ring (bicyclic) bond motifs is 1. The molecule has 0 bridgehead atoms. The number of aromatic amines is 1. The van der Waals surface area contributed by atoms with Gasteiger partial charge < -0.3 is 14.8 Å². The number of nitrogens with zero attached hydrogens (tertiary/aromatic N) is 5. The van der Waals surface area contributed by atoms with Gasteiger partial charge in [0, 0.05) is 78.2 Å². The molecule has 4 aromatic rings. The number of likely N-dealkylation sites (N-methyl/N-ethyl adjacent to an activating group) is 1. The summed E-state index contributed by atoms with van der Waals surface area (Å²) < 4.78 is 0. The molecule has 1 aromatic carbocycles. The smallest absolute Gasteiger partial charge is 0.137 e. The molecular formula is C24H26N6. The van der Waals surface area contributed by atoms with Crippen molar-refractivity contribution in [1.82, 2.24) is 24.8 Å². The van der Waals surface area contributed by atoms with Crippen molar-refractivity contribution in [2.75, 3.05) is 38.1 Å². The van der Waals surface area contributed by atoms with Gasteiger partial charge in [0.1, 0.15) is 11.5 Å². The lowest BCUT2D eigenvalue weighted by Gasteiger charge is -2.34. The van der Waals surface area contributed by atoms with Crippen molar-refractivity contribution in [2.24, 2.45) is 0 Å². The summed E-state index contributed by atoms with van der Waals surface area (Å²) in [6, 6.07) is 11.0. The Bertz CT molecular complexity index is 1190. The average Bonchev–Trinajstić information content (AvgIpc) is 3.17. The molecule has 0 radical (unpaired) electrons. The molecule has 0 spiro atoms. The summed E-state index contributed by atoms with van der Waals surface area (Å²) in [5.41, 5.74) is 7.55. The van der Waals surface area contributed by atoms with E-state index in [0.717, 1.165) is 65.4 Å². The van der Waals surface area contributed by atoms with Gasteiger partial charge in [-0.1, -0.05) is 12.1 Å². The summed E-state index contributed by atoms with van der Waals surface area (Å²) in [6.45, 7) is 8.32. The van der Waals surface area contributed by atoms with Crippen LogP contribution in [0.25, 0.3) is 33.3 Å². The molecule has 1 fully saturated rings. The number of H-pyrrole nitrogens is 1. The zero-order chi connectivity index (χ0) is 20.7. The third kappa shape index (κ3) is 3.44. The zero-order valence-electron chi connectivity index (χ0n) is 17.7. The van der Waals surface area contributed by atoms with E-state index in [1.807, 2.05) is 32.4 Å². The second kappa shape index (κ2) is 7.54. The highest BCUT2D eigenvalue weighted by atomic mass is 15.2. The van der Waals surface area contributed by atoms with Crippen LogP contribution in [-0.2, 0) is 0 Å². The maximum absolute atomic E-state index is 4.66. The van der Waals surface area contributed by atoms with Crippen LogP contribution in [0, 0.1) is 13.8 Å². The summed E-state index contributed by atoms with van der Waals surface area (Å²) in [5.74, 6) is 0.787. The predicted molar refractivity (Wildman–Crippen MR) is 122 cm³/mol. The van der Waals surface area contributed by atoms with Gasteiger partial charge in [0.2, 0.25) is 0 Å². The summed E-state index contributed by atoms with van der Waals surface area (Å²) in [6.07, 6.45) is 5.84. The van der Waals surface area contributed by atoms with Crippen molar-refractivity contribution in [3.05, 3.63) is 60.4 Å². The quantitative estimate of drug-likeness (QED) is 0.564. The van der Waals surface area contributed by atoms with Crippen LogP contribution in [0.1, 0.15) is 11.5 Å². The highest BCUT2D eigenvalue weighted by Gasteiger charge is 2.15. The maximum Gasteiger partial charge on any atom is 0.137 e. The molecule has 1 aliphatic rings. The topological polar surface area (TPSA) is 60.9 Å². The number of benzene rings is 1. The Labute approximate surface area is 176 Å². The first kappa shape index (κ1) is 18.8. The first-order valence-electron chi connectivity index (χ1n) is 10.4. The van der Waals surface area contributed by atoms with Crippen molar-refractivity contribution in [3.8, 4) is 22.3 Å². The van der Waals surface area contributed by atoms with E-state index in [4.69, 9.17) is 0 Å². The summed E-state index contributed by atoms with van der Waals surface area (Å²) in [5, 5.41) is 1.09. The Kier molecular flexibility index (Phi) is 4.71. The van der Waals surface area contributed by atoms with E-state index in [1.165, 1.54) is 11.3 Å². The Hall–Kier alpha value is -3.25. The van der Waals surface area contributed by atoms with Crippen LogP contribution in [-0.4, -0.2) is 58.1 Å². The van der Waals surface area contributed by atoms with Crippen LogP contribution in [0.4, 0.5) is 5.69 Å². The monoisotopic (exact) mass is 398 g/mol. The van der Waals surface area contributed by atoms with Crippen molar-refractivity contribution >= 4 is 16.7 Å². The minimum Gasteiger partial charge on any atom is -0.369 e. The highest BCUT2D eigenvalue weighted by Crippen LogP contribution is 2.32. The highest BCUT2D eigenvalue weighted by molar-refractivity contribution is 5.96. The van der Waals surface area contributed by atoms with Gasteiger partial charge in [-0.3, -0.25) is 0 Å². The van der Waals surface area contributed by atoms with Gasteiger partial charge >= 0.3 is 0 Å². The molecule has 5 rings (SSSR count). The van der Waals surface area contributed by atoms with E-state index >= 15 is 0 Å². The maximum atomic E-state index is 4.66. The van der Waals surface area contributed by atoms with E-state index in [-0.39, 0.29) is 0 Å². The Balaban J connectivity index is 1.48. The normalized spacial score (nSPS) is 15.1. The van der Waals surface area contributed by atoms with Gasteiger partial charge in [-0.2, -0.15) is 0 Å². The van der Waals surface area contributed by atoms with Gasteiger partial charge in [-0.25, -0.2) is 15.0 Å². The molecule has 1 aliphatic heterocycles. The fourth-order valence-electron chi connectivity index (χ4n) is 4.16. The van der Waals surface area contributed by atoms with Crippen molar-refractivity contribution in [1.29, 1.82) is 0 Å². The molecule has 0 atom stereocenters. The number of piperazine rings is 1. The van der Waals surface area contributed by atoms with Gasteiger partial charge in [0.25, 0.3) is 0 Å². The number of aryl methyl sites for hydroxylation is 2. The molecule has 152 valence electrons. The fraction of sp³-hybridized carbons (Fsp3) is 0.292. The van der Waals surface area contributed by atoms with Gasteiger partial charge in [0.05, 0.1) is 0 Å². The van der Waals surface area contributed by atoms with Crippen LogP contribution in [0.3, 0.4) is 0 Å². The lowest BCUT2D eigenvalue weighted by Crippen LogP contribution is -2.44. The number of pyridine rings is 1. The Morgan fingerprint density at radius 2 is 1.63 bits per heavy atom. The zero-order valence-corrected chi connectivity index (χ0v) is 17.7. The van der Waals surface area contributed by atoms with Gasteiger partial charge in [0.15, 0.2) is 0 Å². The van der Waals surface area contributed by atoms with Crippen LogP contribution in [0.15, 0.2) is 48.9 Å². The van der Waals surface area contributed by atoms with Crippen molar-refractivity contribution in [3.63, 3.8) is 0 Å². The summed E-state index contributed by atoms with van der Waals surface area (Å²) >= 11 is 0. The van der Waals surface area contributed by atoms with E-state index in [2.05, 4.69) is 67.1 Å². The molecule has 0 unspecified atom stereocenters. The Morgan fingerprint density at radius 3 is 2.37 bits per heavy atom. The summed E-state index contributed by atoms with van der Waals surface area (Å²) in [4.78, 5) is 21.7. The number of hydrogen-bond donors (Lipinski definition) is 1. The van der Waals surface area contributed by atoms with E-state index in [0.29, 0.717) is 0 Å². The van der Waals surface area contributed by atoms with Crippen molar-refractivity contribution < 1.29 is 0 Å². The van der Waals surface area contributed by atoms with Crippen LogP contribution >= 0.6 is 0 Å². The lowest BCUT2D eigenvalue weighted by atomic mass is 10.0. The molecule has 6 heteroatoms. The molecule has 3 aromatic heterocycles. The van der Waals surface area contributed by atoms with Crippen LogP contribution in [0.5, 0.6) is 0 Å². The number of aromatic nitrogens is 4. The molecule has 1 saturated heterocycles. The molecule has 0 saturated carbocycles. The third-order valence-electron chi connectivity index (χ3n) is 5.99. The molecule has 30 heavy (non-hydrogen) atoms. The first-order valence-corrected chi connectivity index (χ1v) is 10.4. The number of rotatable bonds is 3. The third-order valence-corrected chi connectivity index (χ3v) is 5.99. The number of anilines is 1. The first-order chi connectivity index (χ1) is 14.6. The Morgan fingerprint density at radius 1 is 0.867 bits per heavy atom. The predicted octanol–water partition coefficient (Wildman–Crippen LogP) is 4.06. The standard InChI is InChI=1S/C24H26N6/c1-16-22(14-25-17(2)28-16)23-15-27-24-21(23)12-19(13-26-24)18-4-6-20(7-5-18)30-10-8-29(3)9-11-30/h4-7,12-15H,8-11H2,1-3H3,(H,26,27). The van der Waals surface area contributed by atoms with Gasteiger partial charge in [-0.05, 0) is 44.7 Å². The van der Waals surface area contributed by atoms with Crippen LogP contribution < -0.4 is 4.90 Å². The minimum atomic E-state index is 0.787. The average molecular weight is 399 g/mol. The molecule has 0 amide bonds. The van der Waals surface area contributed by atoms with Crippen molar-refractivity contribution in [2.45, 2.75) is 13.8 Å². The fourth-order valence-corrected chi connectivity index (χ4v) is 4.16. The molecule has 1 N–H and O–H groups in total. The molecule has 6 nitrogen and oxygen atoms in total. The summed E-state index contributed by atoms with van der Waals surface area (Å²) in [7, 11) is 2.18. The largest absolute Gasteiger partial charge is 0.369 e. The number of nitrogens with one attached hydrogen (secondary N) is 1. The molecule has 0 aliphatic carbocycles. The van der Waals surface area contributed by atoms with E-state index in [9.17, 15) is 0 Å². The van der Waals surface area contributed by atoms with E-state index < -0.39 is 0 Å². The molecule has 4 heterocycles. The van der Waals surface area contributed by atoms with Crippen LogP contribution in [0.2, 0.25) is 0 Å². The minimum absolute atomic E-state index is 0.787. The number of hydrogen-bond acceptors (Lipinski definition) is 5.